The van der Waals surface area contributed by atoms with Gasteiger partial charge in [0.25, 0.3) is 5.53 Å². The number of hydrogen-bond donors (Lipinski definition) is 0. The van der Waals surface area contributed by atoms with Crippen molar-refractivity contribution < 1.29 is 31.4 Å². The molecule has 0 saturated heterocycles. The number of halogens is 4. The third-order valence-corrected chi connectivity index (χ3v) is 8.88. The first-order valence-corrected chi connectivity index (χ1v) is 11.6. The summed E-state index contributed by atoms with van der Waals surface area (Å²) in [5, 5.41) is 8.93. The van der Waals surface area contributed by atoms with Gasteiger partial charge in [-0.1, -0.05) is 18.6 Å². The third-order valence-electron chi connectivity index (χ3n) is 5.83. The van der Waals surface area contributed by atoms with Crippen LogP contribution in [0.15, 0.2) is 42.5 Å². The molecule has 5 nitrogen and oxygen atoms in total. The fourth-order valence-corrected chi connectivity index (χ4v) is 7.05. The molecule has 1 fully saturated rings. The maximum absolute atomic E-state index is 14.6. The molecule has 1 heterocycles. The standard InChI is InChI=1S/C22H18F4N3O2Si/c23-18-10-15(11-27)6-9-19(18)28-13-20(30)29(32(21(28)31)17-2-1-3-17)12-14-4-7-16(8-5-14)22(24,25)26/h4-10,17H,1-3,12-13H2/q+1. The zero-order valence-corrected chi connectivity index (χ0v) is 17.8. The molecular weight excluding hydrogens is 442 g/mol. The Morgan fingerprint density at radius 2 is 1.81 bits per heavy atom. The molecule has 2 aliphatic rings. The number of nitrogens with zero attached hydrogens (tertiary/aromatic N) is 3. The second-order valence-electron chi connectivity index (χ2n) is 7.86. The van der Waals surface area contributed by atoms with Crippen molar-refractivity contribution in [1.82, 2.24) is 0 Å². The lowest BCUT2D eigenvalue weighted by molar-refractivity contribution is -0.455. The van der Waals surface area contributed by atoms with Crippen LogP contribution >= 0.6 is 0 Å². The van der Waals surface area contributed by atoms with Crippen LogP contribution in [0.5, 0.6) is 0 Å². The van der Waals surface area contributed by atoms with Gasteiger partial charge in [0, 0.05) is 11.1 Å². The topological polar surface area (TPSA) is 64.2 Å². The Bertz CT molecular complexity index is 1170. The van der Waals surface area contributed by atoms with Gasteiger partial charge in [0.15, 0.2) is 13.1 Å². The van der Waals surface area contributed by atoms with Crippen molar-refractivity contribution in [3.8, 4) is 6.07 Å². The quantitative estimate of drug-likeness (QED) is 0.487. The lowest BCUT2D eigenvalue weighted by Gasteiger charge is -2.30. The summed E-state index contributed by atoms with van der Waals surface area (Å²) >= 11 is 0. The van der Waals surface area contributed by atoms with Crippen LogP contribution in [0, 0.1) is 17.1 Å². The summed E-state index contributed by atoms with van der Waals surface area (Å²) in [5.41, 5.74) is -0.535. The summed E-state index contributed by atoms with van der Waals surface area (Å²) in [5.74, 6) is -1.12. The number of hydrogen-bond acceptors (Lipinski definition) is 3. The number of carbonyl (C=O) groups excluding carboxylic acids is 2. The average Bonchev–Trinajstić information content (AvgIpc) is 2.71. The van der Waals surface area contributed by atoms with Crippen molar-refractivity contribution in [2.24, 2.45) is 0 Å². The van der Waals surface area contributed by atoms with E-state index in [2.05, 4.69) is 0 Å². The number of nitriles is 1. The van der Waals surface area contributed by atoms with E-state index in [0.717, 1.165) is 42.4 Å². The van der Waals surface area contributed by atoms with E-state index in [1.165, 1.54) is 28.5 Å². The fraction of sp³-hybridized carbons (Fsp3) is 0.318. The van der Waals surface area contributed by atoms with Crippen molar-refractivity contribution >= 4 is 25.7 Å². The Labute approximate surface area is 182 Å². The van der Waals surface area contributed by atoms with Crippen LogP contribution in [0.1, 0.15) is 36.0 Å². The summed E-state index contributed by atoms with van der Waals surface area (Å²) < 4.78 is 54.6. The van der Waals surface area contributed by atoms with Crippen LogP contribution < -0.4 is 4.90 Å². The second-order valence-corrected chi connectivity index (χ2v) is 10.4. The number of benzene rings is 2. The Kier molecular flexibility index (Phi) is 5.77. The van der Waals surface area contributed by atoms with E-state index in [1.54, 1.807) is 0 Å². The van der Waals surface area contributed by atoms with E-state index in [-0.39, 0.29) is 41.3 Å². The van der Waals surface area contributed by atoms with Crippen LogP contribution in [-0.2, 0) is 17.5 Å². The number of alkyl halides is 3. The van der Waals surface area contributed by atoms with Crippen LogP contribution in [0.25, 0.3) is 0 Å². The molecular formula is C22H18F4N3O2Si+. The van der Waals surface area contributed by atoms with Gasteiger partial charge in [0.1, 0.15) is 5.82 Å². The van der Waals surface area contributed by atoms with Crippen LogP contribution in [0.4, 0.5) is 28.0 Å². The molecule has 0 aromatic heterocycles. The Morgan fingerprint density at radius 3 is 2.34 bits per heavy atom. The van der Waals surface area contributed by atoms with E-state index in [9.17, 15) is 27.2 Å². The van der Waals surface area contributed by atoms with Crippen molar-refractivity contribution in [1.29, 1.82) is 5.26 Å². The Hall–Kier alpha value is -3.19. The largest absolute Gasteiger partial charge is 0.451 e. The van der Waals surface area contributed by atoms with E-state index < -0.39 is 26.1 Å². The molecule has 0 N–H and O–H groups in total. The first kappa shape index (κ1) is 22.0. The van der Waals surface area contributed by atoms with Gasteiger partial charge in [0.2, 0.25) is 0 Å². The predicted molar refractivity (Wildman–Crippen MR) is 108 cm³/mol. The molecule has 10 heteroatoms. The molecule has 0 bridgehead atoms. The predicted octanol–water partition coefficient (Wildman–Crippen LogP) is 4.79. The second kappa shape index (κ2) is 8.39. The van der Waals surface area contributed by atoms with Crippen LogP contribution in [0.2, 0.25) is 5.54 Å². The zero-order chi connectivity index (χ0) is 23.0. The lowest BCUT2D eigenvalue weighted by Crippen LogP contribution is -2.55. The van der Waals surface area contributed by atoms with Crippen molar-refractivity contribution in [2.45, 2.75) is 37.5 Å². The van der Waals surface area contributed by atoms with Gasteiger partial charge < -0.3 is 0 Å². The summed E-state index contributed by atoms with van der Waals surface area (Å²) in [6, 6.07) is 10.1. The maximum Gasteiger partial charge on any atom is 0.451 e. The summed E-state index contributed by atoms with van der Waals surface area (Å²) in [6.07, 6.45) is -1.97. The highest BCUT2D eigenvalue weighted by Crippen LogP contribution is 2.36. The summed E-state index contributed by atoms with van der Waals surface area (Å²) in [6.45, 7) is -0.319. The molecule has 4 rings (SSSR count). The maximum atomic E-state index is 14.6. The van der Waals surface area contributed by atoms with Crippen molar-refractivity contribution in [2.75, 3.05) is 11.4 Å². The monoisotopic (exact) mass is 460 g/mol. The molecule has 0 spiro atoms. The minimum atomic E-state index is -4.46. The Morgan fingerprint density at radius 1 is 1.12 bits per heavy atom. The van der Waals surface area contributed by atoms with Gasteiger partial charge in [-0.15, -0.1) is 0 Å². The lowest BCUT2D eigenvalue weighted by atomic mass is 10.00. The number of anilines is 1. The van der Waals surface area contributed by atoms with Crippen molar-refractivity contribution in [3.05, 3.63) is 65.0 Å². The van der Waals surface area contributed by atoms with E-state index in [0.29, 0.717) is 5.56 Å². The number of amides is 2. The van der Waals surface area contributed by atoms with E-state index in [1.807, 2.05) is 6.07 Å². The number of rotatable bonds is 4. The third kappa shape index (κ3) is 4.12. The van der Waals surface area contributed by atoms with E-state index >= 15 is 0 Å². The van der Waals surface area contributed by atoms with Gasteiger partial charge >= 0.3 is 20.7 Å². The normalized spacial score (nSPS) is 17.4. The minimum absolute atomic E-state index is 0.00939. The van der Waals surface area contributed by atoms with Gasteiger partial charge in [-0.25, -0.2) is 13.4 Å². The highest BCUT2D eigenvalue weighted by atomic mass is 28.2. The molecule has 1 aliphatic heterocycles. The zero-order valence-electron chi connectivity index (χ0n) is 16.8. The minimum Gasteiger partial charge on any atom is -0.291 e. The van der Waals surface area contributed by atoms with Gasteiger partial charge in [-0.2, -0.15) is 18.4 Å². The molecule has 0 atom stereocenters. The molecule has 2 amide bonds. The summed E-state index contributed by atoms with van der Waals surface area (Å²) in [4.78, 5) is 27.6. The molecule has 2 aromatic rings. The van der Waals surface area contributed by atoms with Gasteiger partial charge in [-0.3, -0.25) is 9.69 Å². The van der Waals surface area contributed by atoms with Gasteiger partial charge in [0.05, 0.1) is 22.9 Å². The highest BCUT2D eigenvalue weighted by molar-refractivity contribution is 6.83. The van der Waals surface area contributed by atoms with Crippen molar-refractivity contribution in [3.63, 3.8) is 0 Å². The molecule has 1 saturated carbocycles. The van der Waals surface area contributed by atoms with Crippen LogP contribution in [0.3, 0.4) is 0 Å². The summed E-state index contributed by atoms with van der Waals surface area (Å²) in [7, 11) is -2.10. The molecule has 1 aliphatic carbocycles. The molecule has 164 valence electrons. The highest BCUT2D eigenvalue weighted by Gasteiger charge is 2.49. The number of carbonyl (C=O) groups is 2. The molecule has 2 aromatic carbocycles. The molecule has 0 radical (unpaired) electrons. The first-order valence-electron chi connectivity index (χ1n) is 10.0. The van der Waals surface area contributed by atoms with E-state index in [4.69, 9.17) is 5.26 Å². The van der Waals surface area contributed by atoms with Crippen LogP contribution in [-0.4, -0.2) is 30.8 Å². The molecule has 32 heavy (non-hydrogen) atoms. The smallest absolute Gasteiger partial charge is 0.291 e. The molecule has 0 unspecified atom stereocenters. The van der Waals surface area contributed by atoms with Gasteiger partial charge in [-0.05, 0) is 43.2 Å². The SMILES string of the molecule is N#Cc1ccc(N2CC(=O)[N+](Cc3ccc(C(F)(F)F)cc3)=[Si](C3CCC3)C2=O)c(F)c1. The first-order chi connectivity index (χ1) is 15.2. The fourth-order valence-electron chi connectivity index (χ4n) is 3.90. The average molecular weight is 460 g/mol. The Balaban J connectivity index is 1.69.